The standard InChI is InChI=1S/C21H25N/c1-3-7-19-17(5-1)9-10-18-6-2-4-8-20(18)21(19)15-16-11-13-22-14-12-16/h1-8,16,21-22H,9-15H2. The molecule has 1 nitrogen and oxygen atoms in total. The lowest BCUT2D eigenvalue weighted by atomic mass is 9.79. The van der Waals surface area contributed by atoms with Gasteiger partial charge in [0.2, 0.25) is 0 Å². The van der Waals surface area contributed by atoms with Crippen LogP contribution in [0.5, 0.6) is 0 Å². The minimum Gasteiger partial charge on any atom is -0.317 e. The van der Waals surface area contributed by atoms with Gasteiger partial charge in [-0.15, -0.1) is 0 Å². The third-order valence-electron chi connectivity index (χ3n) is 5.55. The normalized spacial score (nSPS) is 19.3. The number of hydrogen-bond acceptors (Lipinski definition) is 1. The lowest BCUT2D eigenvalue weighted by Gasteiger charge is -2.28. The van der Waals surface area contributed by atoms with Gasteiger partial charge in [0.1, 0.15) is 0 Å². The Morgan fingerprint density at radius 3 is 1.91 bits per heavy atom. The van der Waals surface area contributed by atoms with Gasteiger partial charge in [-0.25, -0.2) is 0 Å². The first-order valence-electron chi connectivity index (χ1n) is 8.78. The van der Waals surface area contributed by atoms with Crippen molar-refractivity contribution in [3.8, 4) is 0 Å². The molecule has 0 bridgehead atoms. The van der Waals surface area contributed by atoms with E-state index >= 15 is 0 Å². The smallest absolute Gasteiger partial charge is 0.00974 e. The highest BCUT2D eigenvalue weighted by Gasteiger charge is 2.26. The molecule has 22 heavy (non-hydrogen) atoms. The number of fused-ring (bicyclic) bond motifs is 2. The molecule has 1 N–H and O–H groups in total. The predicted octanol–water partition coefficient (Wildman–Crippen LogP) is 4.31. The fourth-order valence-corrected chi connectivity index (χ4v) is 4.35. The average molecular weight is 291 g/mol. The van der Waals surface area contributed by atoms with Crippen LogP contribution in [0.25, 0.3) is 0 Å². The fourth-order valence-electron chi connectivity index (χ4n) is 4.35. The molecule has 1 heterocycles. The Morgan fingerprint density at radius 1 is 0.773 bits per heavy atom. The van der Waals surface area contributed by atoms with Crippen LogP contribution >= 0.6 is 0 Å². The molecule has 1 heteroatoms. The quantitative estimate of drug-likeness (QED) is 0.869. The van der Waals surface area contributed by atoms with E-state index in [-0.39, 0.29) is 0 Å². The second-order valence-electron chi connectivity index (χ2n) is 6.88. The molecule has 1 saturated heterocycles. The summed E-state index contributed by atoms with van der Waals surface area (Å²) in [6.07, 6.45) is 6.36. The van der Waals surface area contributed by atoms with E-state index in [1.165, 1.54) is 45.2 Å². The third-order valence-corrected chi connectivity index (χ3v) is 5.55. The van der Waals surface area contributed by atoms with E-state index in [9.17, 15) is 0 Å². The molecule has 2 aromatic rings. The largest absolute Gasteiger partial charge is 0.317 e. The van der Waals surface area contributed by atoms with Crippen molar-refractivity contribution in [2.45, 2.75) is 38.0 Å². The lowest BCUT2D eigenvalue weighted by Crippen LogP contribution is -2.28. The Morgan fingerprint density at radius 2 is 1.32 bits per heavy atom. The van der Waals surface area contributed by atoms with E-state index in [1.807, 2.05) is 0 Å². The van der Waals surface area contributed by atoms with E-state index < -0.39 is 0 Å². The molecular weight excluding hydrogens is 266 g/mol. The molecule has 1 aliphatic carbocycles. The van der Waals surface area contributed by atoms with E-state index in [4.69, 9.17) is 0 Å². The Balaban J connectivity index is 1.73. The third kappa shape index (κ3) is 2.70. The second-order valence-corrected chi connectivity index (χ2v) is 6.88. The number of nitrogens with one attached hydrogen (secondary N) is 1. The zero-order valence-electron chi connectivity index (χ0n) is 13.2. The van der Waals surface area contributed by atoms with Gasteiger partial charge in [-0.3, -0.25) is 0 Å². The van der Waals surface area contributed by atoms with Crippen molar-refractivity contribution >= 4 is 0 Å². The first kappa shape index (κ1) is 14.0. The first-order valence-corrected chi connectivity index (χ1v) is 8.78. The number of benzene rings is 2. The zero-order valence-corrected chi connectivity index (χ0v) is 13.2. The van der Waals surface area contributed by atoms with Gasteiger partial charge in [0.25, 0.3) is 0 Å². The summed E-state index contributed by atoms with van der Waals surface area (Å²) in [6.45, 7) is 2.39. The Hall–Kier alpha value is -1.60. The first-order chi connectivity index (χ1) is 10.9. The van der Waals surface area contributed by atoms with Gasteiger partial charge in [0, 0.05) is 5.92 Å². The van der Waals surface area contributed by atoms with Crippen LogP contribution in [0.2, 0.25) is 0 Å². The van der Waals surface area contributed by atoms with Gasteiger partial charge < -0.3 is 5.32 Å². The summed E-state index contributed by atoms with van der Waals surface area (Å²) in [5.41, 5.74) is 6.31. The van der Waals surface area contributed by atoms with Crippen LogP contribution in [0.15, 0.2) is 48.5 Å². The molecular formula is C21H25N. The summed E-state index contributed by atoms with van der Waals surface area (Å²) in [4.78, 5) is 0. The van der Waals surface area contributed by atoms with Crippen molar-refractivity contribution in [2.75, 3.05) is 13.1 Å². The highest BCUT2D eigenvalue weighted by molar-refractivity contribution is 5.44. The molecule has 1 fully saturated rings. The van der Waals surface area contributed by atoms with Crippen molar-refractivity contribution in [3.05, 3.63) is 70.8 Å². The molecule has 2 aliphatic rings. The SMILES string of the molecule is c1ccc2c(c1)CCc1ccccc1C2CC1CCNCC1. The van der Waals surface area contributed by atoms with Crippen LogP contribution in [0.4, 0.5) is 0 Å². The van der Waals surface area contributed by atoms with Crippen LogP contribution in [0, 0.1) is 5.92 Å². The van der Waals surface area contributed by atoms with Crippen LogP contribution in [-0.4, -0.2) is 13.1 Å². The summed E-state index contributed by atoms with van der Waals surface area (Å²) < 4.78 is 0. The maximum atomic E-state index is 3.50. The molecule has 114 valence electrons. The van der Waals surface area contributed by atoms with Gasteiger partial charge >= 0.3 is 0 Å². The van der Waals surface area contributed by atoms with Crippen LogP contribution in [-0.2, 0) is 12.8 Å². The van der Waals surface area contributed by atoms with Crippen LogP contribution < -0.4 is 5.32 Å². The summed E-state index contributed by atoms with van der Waals surface area (Å²) in [7, 11) is 0. The zero-order chi connectivity index (χ0) is 14.8. The van der Waals surface area contributed by atoms with Crippen molar-refractivity contribution in [3.63, 3.8) is 0 Å². The molecule has 2 aromatic carbocycles. The molecule has 0 spiro atoms. The van der Waals surface area contributed by atoms with Gasteiger partial charge in [-0.2, -0.15) is 0 Å². The highest BCUT2D eigenvalue weighted by atomic mass is 14.9. The van der Waals surface area contributed by atoms with Gasteiger partial charge in [0.15, 0.2) is 0 Å². The lowest BCUT2D eigenvalue weighted by molar-refractivity contribution is 0.342. The molecule has 0 amide bonds. The Labute approximate surface area is 133 Å². The van der Waals surface area contributed by atoms with Gasteiger partial charge in [0.05, 0.1) is 0 Å². The topological polar surface area (TPSA) is 12.0 Å². The predicted molar refractivity (Wildman–Crippen MR) is 92.3 cm³/mol. The summed E-state index contributed by atoms with van der Waals surface area (Å²) in [5.74, 6) is 1.46. The summed E-state index contributed by atoms with van der Waals surface area (Å²) >= 11 is 0. The van der Waals surface area contributed by atoms with Crippen molar-refractivity contribution in [1.82, 2.24) is 5.32 Å². The number of piperidine rings is 1. The van der Waals surface area contributed by atoms with Crippen molar-refractivity contribution < 1.29 is 0 Å². The number of rotatable bonds is 2. The molecule has 4 rings (SSSR count). The molecule has 0 aromatic heterocycles. The Kier molecular flexibility index (Phi) is 3.99. The van der Waals surface area contributed by atoms with Crippen molar-refractivity contribution in [1.29, 1.82) is 0 Å². The molecule has 0 unspecified atom stereocenters. The van der Waals surface area contributed by atoms with Gasteiger partial charge in [-0.05, 0) is 73.4 Å². The van der Waals surface area contributed by atoms with E-state index in [2.05, 4.69) is 53.8 Å². The fraction of sp³-hybridized carbons (Fsp3) is 0.429. The average Bonchev–Trinajstić information content (AvgIpc) is 2.74. The number of hydrogen-bond donors (Lipinski definition) is 1. The maximum Gasteiger partial charge on any atom is 0.00974 e. The van der Waals surface area contributed by atoms with E-state index in [0.717, 1.165) is 5.92 Å². The minimum absolute atomic E-state index is 0.595. The molecule has 0 atom stereocenters. The molecule has 0 radical (unpaired) electrons. The van der Waals surface area contributed by atoms with E-state index in [0.29, 0.717) is 5.92 Å². The molecule has 0 saturated carbocycles. The van der Waals surface area contributed by atoms with Gasteiger partial charge in [-0.1, -0.05) is 48.5 Å². The number of aryl methyl sites for hydroxylation is 2. The second kappa shape index (κ2) is 6.26. The van der Waals surface area contributed by atoms with Crippen molar-refractivity contribution in [2.24, 2.45) is 5.92 Å². The highest BCUT2D eigenvalue weighted by Crippen LogP contribution is 2.39. The monoisotopic (exact) mass is 291 g/mol. The maximum absolute atomic E-state index is 3.50. The summed E-state index contributed by atoms with van der Waals surface area (Å²) in [6, 6.07) is 18.3. The summed E-state index contributed by atoms with van der Waals surface area (Å²) in [5, 5.41) is 3.50. The van der Waals surface area contributed by atoms with Crippen LogP contribution in [0.3, 0.4) is 0 Å². The van der Waals surface area contributed by atoms with Crippen LogP contribution in [0.1, 0.15) is 47.4 Å². The van der Waals surface area contributed by atoms with E-state index in [1.54, 1.807) is 22.3 Å². The molecule has 1 aliphatic heterocycles. The minimum atomic E-state index is 0.595. The Bertz CT molecular complexity index is 592.